The summed E-state index contributed by atoms with van der Waals surface area (Å²) in [6.07, 6.45) is -22.6. The maximum absolute atomic E-state index is 13.0. The van der Waals surface area contributed by atoms with Crippen molar-refractivity contribution in [2.24, 2.45) is 0 Å². The fourth-order valence-electron chi connectivity index (χ4n) is 1.14. The Morgan fingerprint density at radius 2 is 0.786 bits per heavy atom. The third kappa shape index (κ3) is 3.50. The molecule has 19 heteroatoms. The quantitative estimate of drug-likeness (QED) is 0.493. The highest BCUT2D eigenvalue weighted by Crippen LogP contribution is 2.61. The van der Waals surface area contributed by atoms with E-state index in [1.165, 1.54) is 4.74 Å². The van der Waals surface area contributed by atoms with Gasteiger partial charge in [-0.25, -0.2) is 0 Å². The van der Waals surface area contributed by atoms with Crippen molar-refractivity contribution < 1.29 is 79.4 Å². The Bertz CT molecular complexity index is 624. The van der Waals surface area contributed by atoms with E-state index in [0.29, 0.717) is 0 Å². The monoisotopic (exact) mass is 461 g/mol. The second-order valence-corrected chi connectivity index (χ2v) is 4.62. The minimum absolute atomic E-state index is 0.896. The van der Waals surface area contributed by atoms with Crippen LogP contribution in [0.3, 0.4) is 0 Å². The molecular formula is C9F17NO. The standard InChI is InChI=1S/C9F17NO/c10-2(1-27,7(19,20)21)28-9(25,26)6(17,18)4(13,14)3(11,12)5(15,16)8(22,23)24. The summed E-state index contributed by atoms with van der Waals surface area (Å²) in [4.78, 5) is 0. The smallest absolute Gasteiger partial charge is 0.258 e. The maximum Gasteiger partial charge on any atom is 0.463 e. The number of hydrogen-bond donors (Lipinski definition) is 0. The first-order valence-corrected chi connectivity index (χ1v) is 5.59. The van der Waals surface area contributed by atoms with Crippen LogP contribution in [0.5, 0.6) is 0 Å². The highest BCUT2D eigenvalue weighted by molar-refractivity contribution is 5.10. The second-order valence-electron chi connectivity index (χ2n) is 4.62. The Labute approximate surface area is 140 Å². The average Bonchev–Trinajstić information content (AvgIpc) is 2.43. The zero-order valence-corrected chi connectivity index (χ0v) is 11.8. The first-order valence-electron chi connectivity index (χ1n) is 5.59. The van der Waals surface area contributed by atoms with Gasteiger partial charge in [-0.3, -0.25) is 4.74 Å². The van der Waals surface area contributed by atoms with E-state index in [1.807, 2.05) is 0 Å². The summed E-state index contributed by atoms with van der Waals surface area (Å²) >= 11 is 0. The van der Waals surface area contributed by atoms with Gasteiger partial charge in [-0.1, -0.05) is 0 Å². The highest BCUT2D eigenvalue weighted by atomic mass is 19.4. The molecule has 0 radical (unpaired) electrons. The van der Waals surface area contributed by atoms with Crippen LogP contribution in [0.25, 0.3) is 0 Å². The van der Waals surface area contributed by atoms with E-state index in [4.69, 9.17) is 5.26 Å². The Kier molecular flexibility index (Phi) is 5.99. The number of nitrogens with zero attached hydrogens (tertiary/aromatic N) is 1. The average molecular weight is 461 g/mol. The predicted octanol–water partition coefficient (Wildman–Crippen LogP) is 5.45. The molecule has 0 N–H and O–H groups in total. The predicted molar refractivity (Wildman–Crippen MR) is 47.4 cm³/mol. The molecule has 0 aliphatic heterocycles. The Morgan fingerprint density at radius 1 is 0.464 bits per heavy atom. The van der Waals surface area contributed by atoms with E-state index in [0.717, 1.165) is 0 Å². The first kappa shape index (κ1) is 26.3. The largest absolute Gasteiger partial charge is 0.463 e. The van der Waals surface area contributed by atoms with Crippen molar-refractivity contribution in [2.75, 3.05) is 0 Å². The molecule has 28 heavy (non-hydrogen) atoms. The molecule has 0 aliphatic rings. The topological polar surface area (TPSA) is 33.0 Å². The summed E-state index contributed by atoms with van der Waals surface area (Å²) in [6.45, 7) is 0. The lowest BCUT2D eigenvalue weighted by Crippen LogP contribution is -2.71. The summed E-state index contributed by atoms with van der Waals surface area (Å²) < 4.78 is 214. The van der Waals surface area contributed by atoms with Crippen molar-refractivity contribution in [3.63, 3.8) is 0 Å². The summed E-state index contributed by atoms with van der Waals surface area (Å²) in [5, 5.41) is 7.70. The molecule has 2 nitrogen and oxygen atoms in total. The van der Waals surface area contributed by atoms with E-state index >= 15 is 0 Å². The van der Waals surface area contributed by atoms with Crippen molar-refractivity contribution >= 4 is 0 Å². The summed E-state index contributed by atoms with van der Waals surface area (Å²) in [5.74, 6) is -40.0. The molecule has 0 aliphatic carbocycles. The molecule has 1 atom stereocenters. The molecular weight excluding hydrogens is 461 g/mol. The van der Waals surface area contributed by atoms with E-state index in [9.17, 15) is 74.6 Å². The second kappa shape index (κ2) is 6.38. The Balaban J connectivity index is 6.46. The summed E-state index contributed by atoms with van der Waals surface area (Å²) in [7, 11) is 0. The zero-order chi connectivity index (χ0) is 23.4. The fourth-order valence-corrected chi connectivity index (χ4v) is 1.14. The van der Waals surface area contributed by atoms with E-state index in [2.05, 4.69) is 0 Å². The number of ether oxygens (including phenoxy) is 1. The van der Waals surface area contributed by atoms with E-state index in [1.54, 1.807) is 0 Å². The molecule has 0 aromatic rings. The van der Waals surface area contributed by atoms with Crippen LogP contribution < -0.4 is 0 Å². The molecule has 0 fully saturated rings. The van der Waals surface area contributed by atoms with Gasteiger partial charge in [0.15, 0.2) is 0 Å². The van der Waals surface area contributed by atoms with Crippen LogP contribution in [0.15, 0.2) is 0 Å². The maximum atomic E-state index is 13.0. The SMILES string of the molecule is N#CC(F)(OC(F)(F)C(F)(F)C(F)(F)C(F)(F)C(F)(F)C(F)(F)F)C(F)(F)F. The lowest BCUT2D eigenvalue weighted by Gasteiger charge is -2.40. The molecule has 0 aromatic heterocycles. The summed E-state index contributed by atoms with van der Waals surface area (Å²) in [5.41, 5.74) is 0. The van der Waals surface area contributed by atoms with Gasteiger partial charge < -0.3 is 0 Å². The number of alkyl halides is 17. The van der Waals surface area contributed by atoms with Crippen LogP contribution in [0.4, 0.5) is 74.6 Å². The van der Waals surface area contributed by atoms with Gasteiger partial charge in [0.25, 0.3) is 0 Å². The van der Waals surface area contributed by atoms with Crippen LogP contribution in [-0.4, -0.2) is 48.0 Å². The molecule has 0 saturated carbocycles. The van der Waals surface area contributed by atoms with Gasteiger partial charge in [-0.15, -0.1) is 0 Å². The van der Waals surface area contributed by atoms with Crippen LogP contribution in [0, 0.1) is 11.3 Å². The van der Waals surface area contributed by atoms with Crippen molar-refractivity contribution in [2.45, 2.75) is 48.0 Å². The van der Waals surface area contributed by atoms with E-state index < -0.39 is 54.1 Å². The lowest BCUT2D eigenvalue weighted by atomic mass is 9.97. The third-order valence-electron chi connectivity index (χ3n) is 2.68. The van der Waals surface area contributed by atoms with Crippen molar-refractivity contribution in [1.29, 1.82) is 5.26 Å². The minimum atomic E-state index is -8.50. The lowest BCUT2D eigenvalue weighted by molar-refractivity contribution is -0.491. The third-order valence-corrected chi connectivity index (χ3v) is 2.68. The Morgan fingerprint density at radius 3 is 1.04 bits per heavy atom. The number of halogens is 17. The van der Waals surface area contributed by atoms with Gasteiger partial charge in [0, 0.05) is 0 Å². The van der Waals surface area contributed by atoms with E-state index in [-0.39, 0.29) is 0 Å². The van der Waals surface area contributed by atoms with Crippen LogP contribution in [-0.2, 0) is 4.74 Å². The molecule has 0 spiro atoms. The van der Waals surface area contributed by atoms with Gasteiger partial charge in [0.2, 0.25) is 0 Å². The molecule has 0 rings (SSSR count). The van der Waals surface area contributed by atoms with Crippen molar-refractivity contribution in [3.8, 4) is 6.07 Å². The summed E-state index contributed by atoms with van der Waals surface area (Å²) in [6, 6.07) is -0.896. The van der Waals surface area contributed by atoms with Gasteiger partial charge in [0.05, 0.1) is 0 Å². The van der Waals surface area contributed by atoms with Gasteiger partial charge >= 0.3 is 48.0 Å². The first-order chi connectivity index (χ1) is 11.8. The molecule has 0 heterocycles. The van der Waals surface area contributed by atoms with Gasteiger partial charge in [-0.05, 0) is 0 Å². The molecule has 0 bridgehead atoms. The van der Waals surface area contributed by atoms with Gasteiger partial charge in [0.1, 0.15) is 6.07 Å². The number of hydrogen-bond acceptors (Lipinski definition) is 2. The van der Waals surface area contributed by atoms with Gasteiger partial charge in [-0.2, -0.15) is 79.9 Å². The van der Waals surface area contributed by atoms with Crippen LogP contribution in [0.2, 0.25) is 0 Å². The molecule has 0 saturated heterocycles. The minimum Gasteiger partial charge on any atom is -0.258 e. The van der Waals surface area contributed by atoms with Crippen molar-refractivity contribution in [1.82, 2.24) is 0 Å². The molecule has 0 aromatic carbocycles. The number of nitriles is 1. The Hall–Kier alpha value is -1.74. The van der Waals surface area contributed by atoms with Crippen molar-refractivity contribution in [3.05, 3.63) is 0 Å². The zero-order valence-electron chi connectivity index (χ0n) is 11.8. The molecule has 0 amide bonds. The molecule has 166 valence electrons. The fraction of sp³-hybridized carbons (Fsp3) is 0.889. The highest BCUT2D eigenvalue weighted by Gasteiger charge is 2.92. The number of rotatable bonds is 6. The normalized spacial score (nSPS) is 17.9. The van der Waals surface area contributed by atoms with Crippen LogP contribution in [0.1, 0.15) is 0 Å². The van der Waals surface area contributed by atoms with Crippen LogP contribution >= 0.6 is 0 Å². The molecule has 1 unspecified atom stereocenters.